The van der Waals surface area contributed by atoms with Crippen molar-refractivity contribution in [2.24, 2.45) is 0 Å². The molecule has 160 valence electrons. The average Bonchev–Trinajstić information content (AvgIpc) is 3.26. The third-order valence-electron chi connectivity index (χ3n) is 4.31. The van der Waals surface area contributed by atoms with Gasteiger partial charge in [-0.3, -0.25) is 4.79 Å². The number of methoxy groups -OCH3 is 2. The number of aromatic nitrogens is 4. The van der Waals surface area contributed by atoms with Crippen molar-refractivity contribution in [3.05, 3.63) is 54.2 Å². The van der Waals surface area contributed by atoms with Gasteiger partial charge in [-0.1, -0.05) is 29.5 Å². The monoisotopic (exact) mass is 464 g/mol. The van der Waals surface area contributed by atoms with Crippen molar-refractivity contribution in [2.75, 3.05) is 19.5 Å². The number of para-hydroxylation sites is 2. The lowest BCUT2D eigenvalue weighted by atomic mass is 10.1. The van der Waals surface area contributed by atoms with Gasteiger partial charge >= 0.3 is 5.97 Å². The van der Waals surface area contributed by atoms with E-state index in [-0.39, 0.29) is 5.69 Å². The standard InChI is InChI=1S/C21H16N6O3S2/c1-29-13-7-5-6-12(10-13)23-20-26-27-21(32-20)31-18-17(14(11-22)19(28)30-2)24-15-8-3-4-9-16(15)25-18/h3-10,14H,1-2H3,(H,23,26). The number of ether oxygens (including phenoxy) is 2. The van der Waals surface area contributed by atoms with Crippen molar-refractivity contribution < 1.29 is 14.3 Å². The zero-order valence-electron chi connectivity index (χ0n) is 17.0. The Balaban J connectivity index is 1.65. The molecule has 1 N–H and O–H groups in total. The highest BCUT2D eigenvalue weighted by Crippen LogP contribution is 2.36. The first-order valence-corrected chi connectivity index (χ1v) is 10.9. The van der Waals surface area contributed by atoms with Crippen LogP contribution in [0.25, 0.3) is 11.0 Å². The second kappa shape index (κ2) is 9.59. The molecule has 0 aliphatic rings. The predicted molar refractivity (Wildman–Crippen MR) is 120 cm³/mol. The number of benzene rings is 2. The Morgan fingerprint density at radius 2 is 1.91 bits per heavy atom. The first-order chi connectivity index (χ1) is 15.6. The minimum Gasteiger partial charge on any atom is -0.497 e. The largest absolute Gasteiger partial charge is 0.497 e. The smallest absolute Gasteiger partial charge is 0.329 e. The molecule has 32 heavy (non-hydrogen) atoms. The Labute approximate surface area is 191 Å². The molecule has 0 saturated carbocycles. The maximum Gasteiger partial charge on any atom is 0.329 e. The Kier molecular flexibility index (Phi) is 6.44. The predicted octanol–water partition coefficient (Wildman–Crippen LogP) is 4.16. The Hall–Kier alpha value is -3.75. The van der Waals surface area contributed by atoms with Gasteiger partial charge in [-0.15, -0.1) is 10.2 Å². The molecule has 0 fully saturated rings. The number of carbonyl (C=O) groups excluding carboxylic acids is 1. The number of hydrogen-bond donors (Lipinski definition) is 1. The van der Waals surface area contributed by atoms with Gasteiger partial charge in [0.1, 0.15) is 16.5 Å². The van der Waals surface area contributed by atoms with Crippen LogP contribution in [0, 0.1) is 11.3 Å². The minimum atomic E-state index is -1.21. The summed E-state index contributed by atoms with van der Waals surface area (Å²) in [6.07, 6.45) is 0. The topological polar surface area (TPSA) is 123 Å². The van der Waals surface area contributed by atoms with Crippen molar-refractivity contribution in [1.82, 2.24) is 20.2 Å². The summed E-state index contributed by atoms with van der Waals surface area (Å²) in [5.41, 5.74) is 2.24. The molecule has 11 heteroatoms. The SMILES string of the molecule is COC(=O)C(C#N)c1nc2ccccc2nc1Sc1nnc(Nc2cccc(OC)c2)s1. The number of nitrogens with zero attached hydrogens (tertiary/aromatic N) is 5. The number of nitriles is 1. The van der Waals surface area contributed by atoms with E-state index in [4.69, 9.17) is 9.47 Å². The van der Waals surface area contributed by atoms with Gasteiger partial charge in [-0.05, 0) is 36.0 Å². The van der Waals surface area contributed by atoms with E-state index in [2.05, 4.69) is 25.5 Å². The lowest BCUT2D eigenvalue weighted by Gasteiger charge is -2.11. The highest BCUT2D eigenvalue weighted by atomic mass is 32.2. The minimum absolute atomic E-state index is 0.223. The molecule has 1 atom stereocenters. The van der Waals surface area contributed by atoms with E-state index in [0.29, 0.717) is 25.5 Å². The lowest BCUT2D eigenvalue weighted by Crippen LogP contribution is -2.15. The first kappa shape index (κ1) is 21.5. The van der Waals surface area contributed by atoms with E-state index in [0.717, 1.165) is 11.4 Å². The molecule has 0 bridgehead atoms. The number of hydrogen-bond acceptors (Lipinski definition) is 11. The molecule has 2 aromatic carbocycles. The van der Waals surface area contributed by atoms with E-state index in [1.54, 1.807) is 13.2 Å². The summed E-state index contributed by atoms with van der Waals surface area (Å²) < 4.78 is 10.6. The molecule has 4 rings (SSSR count). The summed E-state index contributed by atoms with van der Waals surface area (Å²) in [7, 11) is 2.83. The molecule has 2 heterocycles. The van der Waals surface area contributed by atoms with E-state index in [1.807, 2.05) is 48.5 Å². The van der Waals surface area contributed by atoms with Crippen LogP contribution < -0.4 is 10.1 Å². The summed E-state index contributed by atoms with van der Waals surface area (Å²) in [5.74, 6) is -1.19. The zero-order valence-corrected chi connectivity index (χ0v) is 18.6. The molecule has 0 radical (unpaired) electrons. The Morgan fingerprint density at radius 1 is 1.12 bits per heavy atom. The van der Waals surface area contributed by atoms with Crippen LogP contribution >= 0.6 is 23.1 Å². The highest BCUT2D eigenvalue weighted by molar-refractivity contribution is 8.01. The van der Waals surface area contributed by atoms with Crippen molar-refractivity contribution in [3.63, 3.8) is 0 Å². The molecule has 0 amide bonds. The van der Waals surface area contributed by atoms with Crippen LogP contribution in [-0.4, -0.2) is 40.4 Å². The normalized spacial score (nSPS) is 11.5. The number of esters is 1. The van der Waals surface area contributed by atoms with E-state index in [9.17, 15) is 10.1 Å². The Bertz CT molecular complexity index is 1320. The molecular formula is C21H16N6O3S2. The quantitative estimate of drug-likeness (QED) is 0.399. The van der Waals surface area contributed by atoms with E-state index in [1.165, 1.54) is 30.2 Å². The third-order valence-corrected chi connectivity index (χ3v) is 6.20. The summed E-state index contributed by atoms with van der Waals surface area (Å²) in [6, 6.07) is 16.6. The number of fused-ring (bicyclic) bond motifs is 1. The third kappa shape index (κ3) is 4.61. The zero-order chi connectivity index (χ0) is 22.5. The molecule has 0 saturated heterocycles. The van der Waals surface area contributed by atoms with Gasteiger partial charge in [0.25, 0.3) is 0 Å². The maximum absolute atomic E-state index is 12.2. The van der Waals surface area contributed by atoms with Crippen molar-refractivity contribution in [3.8, 4) is 11.8 Å². The summed E-state index contributed by atoms with van der Waals surface area (Å²) in [4.78, 5) is 21.3. The van der Waals surface area contributed by atoms with Gasteiger partial charge in [0.15, 0.2) is 10.3 Å². The van der Waals surface area contributed by atoms with Gasteiger partial charge in [0.05, 0.1) is 31.3 Å². The van der Waals surface area contributed by atoms with E-state index < -0.39 is 11.9 Å². The Morgan fingerprint density at radius 3 is 2.62 bits per heavy atom. The molecule has 0 aliphatic heterocycles. The van der Waals surface area contributed by atoms with Gasteiger partial charge in [-0.2, -0.15) is 5.26 Å². The second-order valence-corrected chi connectivity index (χ2v) is 8.53. The molecule has 4 aromatic rings. The average molecular weight is 465 g/mol. The first-order valence-electron chi connectivity index (χ1n) is 9.28. The van der Waals surface area contributed by atoms with Crippen molar-refractivity contribution >= 4 is 50.9 Å². The van der Waals surface area contributed by atoms with Crippen molar-refractivity contribution in [1.29, 1.82) is 5.26 Å². The van der Waals surface area contributed by atoms with Crippen LogP contribution in [-0.2, 0) is 9.53 Å². The van der Waals surface area contributed by atoms with Gasteiger partial charge in [0, 0.05) is 11.8 Å². The molecule has 1 unspecified atom stereocenters. The van der Waals surface area contributed by atoms with Gasteiger partial charge in [0.2, 0.25) is 5.13 Å². The van der Waals surface area contributed by atoms with E-state index >= 15 is 0 Å². The fraction of sp³-hybridized carbons (Fsp3) is 0.143. The molecule has 0 aliphatic carbocycles. The van der Waals surface area contributed by atoms with Crippen LogP contribution in [0.2, 0.25) is 0 Å². The summed E-state index contributed by atoms with van der Waals surface area (Å²) >= 11 is 2.49. The molecule has 0 spiro atoms. The van der Waals surface area contributed by atoms with Crippen LogP contribution in [0.15, 0.2) is 57.9 Å². The van der Waals surface area contributed by atoms with Gasteiger partial charge in [-0.25, -0.2) is 9.97 Å². The lowest BCUT2D eigenvalue weighted by molar-refractivity contribution is -0.141. The number of anilines is 2. The summed E-state index contributed by atoms with van der Waals surface area (Å²) in [5, 5.41) is 22.1. The number of carbonyl (C=O) groups is 1. The molecule has 9 nitrogen and oxygen atoms in total. The highest BCUT2D eigenvalue weighted by Gasteiger charge is 2.28. The maximum atomic E-state index is 12.2. The molecular weight excluding hydrogens is 448 g/mol. The second-order valence-electron chi connectivity index (χ2n) is 6.32. The number of nitrogens with one attached hydrogen (secondary N) is 1. The van der Waals surface area contributed by atoms with Crippen LogP contribution in [0.3, 0.4) is 0 Å². The summed E-state index contributed by atoms with van der Waals surface area (Å²) in [6.45, 7) is 0. The fourth-order valence-corrected chi connectivity index (χ4v) is 4.61. The molecule has 2 aromatic heterocycles. The van der Waals surface area contributed by atoms with Crippen molar-refractivity contribution in [2.45, 2.75) is 15.3 Å². The van der Waals surface area contributed by atoms with Crippen LogP contribution in [0.5, 0.6) is 5.75 Å². The van der Waals surface area contributed by atoms with Crippen LogP contribution in [0.1, 0.15) is 11.6 Å². The van der Waals surface area contributed by atoms with Crippen LogP contribution in [0.4, 0.5) is 10.8 Å². The van der Waals surface area contributed by atoms with Gasteiger partial charge < -0.3 is 14.8 Å². The fourth-order valence-electron chi connectivity index (χ4n) is 2.81. The number of rotatable bonds is 7.